The van der Waals surface area contributed by atoms with Crippen molar-refractivity contribution in [1.29, 1.82) is 0 Å². The third-order valence-corrected chi connectivity index (χ3v) is 11.9. The van der Waals surface area contributed by atoms with Crippen LogP contribution in [0.15, 0.2) is 29.0 Å². The Morgan fingerprint density at radius 3 is 2.10 bits per heavy atom. The lowest BCUT2D eigenvalue weighted by Gasteiger charge is -2.64. The van der Waals surface area contributed by atoms with E-state index in [1.165, 1.54) is 0 Å². The summed E-state index contributed by atoms with van der Waals surface area (Å²) in [6, 6.07) is 3.86. The highest BCUT2D eigenvalue weighted by molar-refractivity contribution is 6.24. The maximum absolute atomic E-state index is 14.6. The molecular weight excluding hydrogens is 508 g/mol. The van der Waals surface area contributed by atoms with Gasteiger partial charge in [0.05, 0.1) is 5.56 Å². The number of hydrogen-bond donors (Lipinski definition) is 4. The molecule has 1 aromatic rings. The largest absolute Gasteiger partial charge is 0.508 e. The van der Waals surface area contributed by atoms with E-state index in [-0.39, 0.29) is 28.2 Å². The first kappa shape index (κ1) is 28.6. The van der Waals surface area contributed by atoms with Gasteiger partial charge in [-0.25, -0.2) is 0 Å². The summed E-state index contributed by atoms with van der Waals surface area (Å²) < 4.78 is 0. The third-order valence-electron chi connectivity index (χ3n) is 11.9. The zero-order chi connectivity index (χ0) is 29.9. The number of aliphatic hydroxyl groups is 3. The van der Waals surface area contributed by atoms with Gasteiger partial charge in [-0.3, -0.25) is 14.4 Å². The van der Waals surface area contributed by atoms with Gasteiger partial charge in [-0.15, -0.1) is 0 Å². The van der Waals surface area contributed by atoms with Gasteiger partial charge in [0.15, 0.2) is 17.2 Å². The molecule has 2 fully saturated rings. The van der Waals surface area contributed by atoms with Crippen molar-refractivity contribution in [3.63, 3.8) is 0 Å². The van der Waals surface area contributed by atoms with Crippen LogP contribution in [0.5, 0.6) is 5.75 Å². The molecule has 1 unspecified atom stereocenters. The number of hydrogen-bond acceptors (Lipinski definition) is 7. The number of Topliss-reactive ketones (excluding diaryl/α,β-unsaturated/α-hetero) is 3. The average Bonchev–Trinajstić information content (AvgIpc) is 3.31. The normalized spacial score (nSPS) is 37.0. The second-order valence-electron chi connectivity index (χ2n) is 13.8. The van der Waals surface area contributed by atoms with Crippen LogP contribution in [-0.4, -0.2) is 43.4 Å². The maximum atomic E-state index is 14.6. The predicted molar refractivity (Wildman–Crippen MR) is 151 cm³/mol. The number of allylic oxidation sites excluding steroid dienone is 1. The molecule has 216 valence electrons. The molecule has 7 nitrogen and oxygen atoms in total. The quantitative estimate of drug-likeness (QED) is 0.348. The fraction of sp³-hybridized carbons (Fsp3) is 0.606. The van der Waals surface area contributed by atoms with Gasteiger partial charge in [0.1, 0.15) is 22.8 Å². The smallest absolute Gasteiger partial charge is 0.203 e. The summed E-state index contributed by atoms with van der Waals surface area (Å²) in [5.41, 5.74) is -4.52. The summed E-state index contributed by atoms with van der Waals surface area (Å²) in [6.45, 7) is 14.1. The van der Waals surface area contributed by atoms with Crippen molar-refractivity contribution < 1.29 is 34.8 Å². The van der Waals surface area contributed by atoms with Crippen LogP contribution in [0.4, 0.5) is 0 Å². The Labute approximate surface area is 236 Å². The molecule has 0 amide bonds. The van der Waals surface area contributed by atoms with Crippen molar-refractivity contribution in [1.82, 2.24) is 0 Å². The number of carbonyl (C=O) groups is 3. The zero-order valence-corrected chi connectivity index (χ0v) is 24.8. The average molecular weight is 551 g/mol. The SMILES string of the molecule is CC(=O)C1=C(O)[C@]2(O)C(=O)C3=C(O)c4c(ccc(C5(C)CCCC5)c4O)[C@@H](C)[C@]3(C)[C@@H](C)[C@]2(C)C(C(C)C)C1=O. The number of aromatic hydroxyl groups is 1. The van der Waals surface area contributed by atoms with Crippen LogP contribution in [0.1, 0.15) is 104 Å². The van der Waals surface area contributed by atoms with Crippen molar-refractivity contribution in [3.8, 4) is 5.75 Å². The van der Waals surface area contributed by atoms with Crippen LogP contribution in [0.2, 0.25) is 0 Å². The molecule has 4 aliphatic rings. The predicted octanol–water partition coefficient (Wildman–Crippen LogP) is 5.83. The first-order chi connectivity index (χ1) is 18.4. The molecular formula is C33H42O7. The van der Waals surface area contributed by atoms with Crippen molar-refractivity contribution in [2.75, 3.05) is 0 Å². The minimum atomic E-state index is -2.62. The van der Waals surface area contributed by atoms with Crippen LogP contribution in [0.25, 0.3) is 5.76 Å². The first-order valence-electron chi connectivity index (χ1n) is 14.5. The molecule has 0 saturated heterocycles. The van der Waals surface area contributed by atoms with E-state index in [2.05, 4.69) is 6.92 Å². The van der Waals surface area contributed by atoms with E-state index in [1.807, 2.05) is 32.9 Å². The summed E-state index contributed by atoms with van der Waals surface area (Å²) in [7, 11) is 0. The topological polar surface area (TPSA) is 132 Å². The standard InChI is InChI=1S/C33H42O7/c1-15(2)23-26(36)21(17(4)34)28(38)33(40)29(39)24-27(37)22-19(16(3)31(24,7)18(5)32(23,33)8)11-12-20(25(22)35)30(6)13-9-10-14-30/h11-12,15-16,18,23,35,37-38,40H,9-10,13-14H2,1-8H3/t16-,18-,23?,31-,32-,33+/m1/s1. The second-order valence-corrected chi connectivity index (χ2v) is 13.8. The van der Waals surface area contributed by atoms with Crippen molar-refractivity contribution in [3.05, 3.63) is 45.7 Å². The van der Waals surface area contributed by atoms with Gasteiger partial charge in [0, 0.05) is 27.9 Å². The van der Waals surface area contributed by atoms with Crippen LogP contribution in [0, 0.1) is 28.6 Å². The molecule has 0 aromatic heterocycles. The lowest BCUT2D eigenvalue weighted by Crippen LogP contribution is -2.72. The number of aliphatic hydroxyl groups excluding tert-OH is 2. The summed E-state index contributed by atoms with van der Waals surface area (Å²) >= 11 is 0. The van der Waals surface area contributed by atoms with Crippen LogP contribution >= 0.6 is 0 Å². The van der Waals surface area contributed by atoms with E-state index in [0.717, 1.165) is 38.2 Å². The summed E-state index contributed by atoms with van der Waals surface area (Å²) in [5, 5.41) is 47.3. The van der Waals surface area contributed by atoms with Gasteiger partial charge in [-0.1, -0.05) is 73.4 Å². The Kier molecular flexibility index (Phi) is 6.11. The fourth-order valence-electron chi connectivity index (χ4n) is 9.27. The van der Waals surface area contributed by atoms with Gasteiger partial charge >= 0.3 is 0 Å². The lowest BCUT2D eigenvalue weighted by molar-refractivity contribution is -0.195. The van der Waals surface area contributed by atoms with E-state index in [1.54, 1.807) is 20.8 Å². The highest BCUT2D eigenvalue weighted by Crippen LogP contribution is 2.70. The Bertz CT molecular complexity index is 1420. The summed E-state index contributed by atoms with van der Waals surface area (Å²) in [4.78, 5) is 41.0. The molecule has 0 aliphatic heterocycles. The molecule has 2 saturated carbocycles. The Morgan fingerprint density at radius 2 is 1.57 bits per heavy atom. The highest BCUT2D eigenvalue weighted by Gasteiger charge is 2.75. The van der Waals surface area contributed by atoms with Gasteiger partial charge in [-0.2, -0.15) is 0 Å². The van der Waals surface area contributed by atoms with Gasteiger partial charge in [-0.05, 0) is 48.5 Å². The van der Waals surface area contributed by atoms with Gasteiger partial charge in [0.25, 0.3) is 0 Å². The monoisotopic (exact) mass is 550 g/mol. The van der Waals surface area contributed by atoms with E-state index >= 15 is 0 Å². The second kappa shape index (κ2) is 8.54. The van der Waals surface area contributed by atoms with Gasteiger partial charge in [0.2, 0.25) is 5.78 Å². The third kappa shape index (κ3) is 3.02. The summed E-state index contributed by atoms with van der Waals surface area (Å²) in [6.07, 6.45) is 3.87. The van der Waals surface area contributed by atoms with Crippen molar-refractivity contribution in [2.24, 2.45) is 28.6 Å². The molecule has 7 heteroatoms. The van der Waals surface area contributed by atoms with Crippen LogP contribution in [0.3, 0.4) is 0 Å². The minimum absolute atomic E-state index is 0.0651. The number of rotatable bonds is 3. The molecule has 5 rings (SSSR count). The molecule has 6 atom stereocenters. The summed E-state index contributed by atoms with van der Waals surface area (Å²) in [5.74, 6) is -6.00. The van der Waals surface area contributed by atoms with E-state index in [4.69, 9.17) is 0 Å². The molecule has 0 spiro atoms. The molecule has 1 aromatic carbocycles. The number of fused-ring (bicyclic) bond motifs is 3. The highest BCUT2D eigenvalue weighted by atomic mass is 16.3. The Balaban J connectivity index is 1.86. The number of carbonyl (C=O) groups excluding carboxylic acids is 3. The van der Waals surface area contributed by atoms with Gasteiger partial charge < -0.3 is 20.4 Å². The molecule has 0 bridgehead atoms. The molecule has 40 heavy (non-hydrogen) atoms. The Morgan fingerprint density at radius 1 is 1.00 bits per heavy atom. The zero-order valence-electron chi connectivity index (χ0n) is 24.8. The Hall–Kier alpha value is -2.93. The lowest BCUT2D eigenvalue weighted by atomic mass is 9.38. The fourth-order valence-corrected chi connectivity index (χ4v) is 9.27. The molecule has 4 N–H and O–H groups in total. The van der Waals surface area contributed by atoms with E-state index in [9.17, 15) is 34.8 Å². The number of ketones is 3. The number of phenols is 1. The molecule has 0 heterocycles. The van der Waals surface area contributed by atoms with Crippen molar-refractivity contribution >= 4 is 23.1 Å². The van der Waals surface area contributed by atoms with Crippen LogP contribution < -0.4 is 0 Å². The maximum Gasteiger partial charge on any atom is 0.203 e. The minimum Gasteiger partial charge on any atom is -0.508 e. The first-order valence-corrected chi connectivity index (χ1v) is 14.5. The molecule has 0 radical (unpaired) electrons. The van der Waals surface area contributed by atoms with Crippen molar-refractivity contribution in [2.45, 2.75) is 98.0 Å². The molecule has 4 aliphatic carbocycles. The number of phenolic OH excluding ortho intramolecular Hbond substituents is 1. The number of benzene rings is 1. The van der Waals surface area contributed by atoms with E-state index in [0.29, 0.717) is 5.56 Å². The van der Waals surface area contributed by atoms with E-state index < -0.39 is 68.6 Å². The van der Waals surface area contributed by atoms with Crippen LogP contribution in [-0.2, 0) is 19.8 Å².